The molecule has 1 aliphatic rings. The molecule has 1 N–H and O–H groups in total. The van der Waals surface area contributed by atoms with Crippen molar-refractivity contribution in [2.24, 2.45) is 0 Å². The number of carboxylic acid groups (broad SMARTS) is 1. The molecule has 0 atom stereocenters. The number of benzene rings is 1. The van der Waals surface area contributed by atoms with Crippen LogP contribution in [0.15, 0.2) is 23.8 Å². The number of hydrogen-bond acceptors (Lipinski definition) is 3. The van der Waals surface area contributed by atoms with E-state index < -0.39 is 11.9 Å². The summed E-state index contributed by atoms with van der Waals surface area (Å²) in [6.45, 7) is 2.66. The quantitative estimate of drug-likeness (QED) is 0.795. The topological polar surface area (TPSA) is 66.8 Å². The average Bonchev–Trinajstić information content (AvgIpc) is 2.41. The van der Waals surface area contributed by atoms with Crippen LogP contribution in [-0.4, -0.2) is 35.5 Å². The number of nitrogens with zero attached hydrogens (tertiary/aromatic N) is 1. The lowest BCUT2D eigenvalue weighted by Crippen LogP contribution is -2.37. The van der Waals surface area contributed by atoms with E-state index in [0.29, 0.717) is 18.7 Å². The minimum atomic E-state index is -1.42. The van der Waals surface area contributed by atoms with Crippen LogP contribution in [0.1, 0.15) is 24.5 Å². The van der Waals surface area contributed by atoms with Crippen LogP contribution in [-0.2, 0) is 16.1 Å². The van der Waals surface area contributed by atoms with Crippen molar-refractivity contribution in [1.82, 2.24) is 4.90 Å². The Labute approximate surface area is 117 Å². The molecule has 0 unspecified atom stereocenters. The summed E-state index contributed by atoms with van der Waals surface area (Å²) >= 11 is 0. The highest BCUT2D eigenvalue weighted by molar-refractivity contribution is 6.31. The fourth-order valence-electron chi connectivity index (χ4n) is 2.23. The van der Waals surface area contributed by atoms with Crippen LogP contribution in [0.25, 0.3) is 6.08 Å². The molecule has 0 aromatic heterocycles. The van der Waals surface area contributed by atoms with E-state index in [2.05, 4.69) is 6.08 Å². The van der Waals surface area contributed by atoms with Gasteiger partial charge in [0.05, 0.1) is 7.11 Å². The molecule has 0 radical (unpaired) electrons. The Morgan fingerprint density at radius 2 is 2.10 bits per heavy atom. The number of carbonyl (C=O) groups is 2. The molecule has 1 aliphatic heterocycles. The molecular formula is C15H17NO4. The summed E-state index contributed by atoms with van der Waals surface area (Å²) in [6.07, 6.45) is 2.74. The third-order valence-electron chi connectivity index (χ3n) is 3.36. The first kappa shape index (κ1) is 14.1. The molecule has 0 fully saturated rings. The van der Waals surface area contributed by atoms with Gasteiger partial charge < -0.3 is 14.7 Å². The van der Waals surface area contributed by atoms with E-state index in [0.717, 1.165) is 16.7 Å². The number of amides is 1. The smallest absolute Gasteiger partial charge is 0.394 e. The Morgan fingerprint density at radius 1 is 1.35 bits per heavy atom. The van der Waals surface area contributed by atoms with Crippen LogP contribution in [0, 0.1) is 0 Å². The van der Waals surface area contributed by atoms with Gasteiger partial charge >= 0.3 is 11.9 Å². The summed E-state index contributed by atoms with van der Waals surface area (Å²) in [4.78, 5) is 24.0. The second-order valence-electron chi connectivity index (χ2n) is 4.84. The van der Waals surface area contributed by atoms with Gasteiger partial charge in [-0.2, -0.15) is 0 Å². The largest absolute Gasteiger partial charge is 0.497 e. The Hall–Kier alpha value is -2.30. The first-order valence-corrected chi connectivity index (χ1v) is 6.37. The number of carbonyl (C=O) groups excluding carboxylic acids is 1. The van der Waals surface area contributed by atoms with Crippen LogP contribution in [0.3, 0.4) is 0 Å². The van der Waals surface area contributed by atoms with E-state index in [-0.39, 0.29) is 6.54 Å². The van der Waals surface area contributed by atoms with Crippen LogP contribution >= 0.6 is 0 Å². The molecule has 1 heterocycles. The molecule has 0 aliphatic carbocycles. The highest BCUT2D eigenvalue weighted by atomic mass is 16.5. The van der Waals surface area contributed by atoms with Crippen molar-refractivity contribution in [3.8, 4) is 5.75 Å². The molecule has 0 spiro atoms. The summed E-state index contributed by atoms with van der Waals surface area (Å²) in [7, 11) is 1.58. The molecule has 1 aromatic carbocycles. The van der Waals surface area contributed by atoms with Crippen LogP contribution in [0.5, 0.6) is 5.75 Å². The van der Waals surface area contributed by atoms with Gasteiger partial charge in [-0.15, -0.1) is 0 Å². The number of ether oxygens (including phenoxy) is 1. The van der Waals surface area contributed by atoms with Gasteiger partial charge in [0.25, 0.3) is 0 Å². The minimum absolute atomic E-state index is 0.279. The average molecular weight is 275 g/mol. The zero-order valence-electron chi connectivity index (χ0n) is 11.5. The maximum atomic E-state index is 11.7. The lowest BCUT2D eigenvalue weighted by molar-refractivity contribution is -0.156. The molecule has 1 amide bonds. The van der Waals surface area contributed by atoms with Crippen molar-refractivity contribution < 1.29 is 19.4 Å². The van der Waals surface area contributed by atoms with Crippen molar-refractivity contribution in [2.75, 3.05) is 13.7 Å². The Kier molecular flexibility index (Phi) is 4.08. The summed E-state index contributed by atoms with van der Waals surface area (Å²) < 4.78 is 5.18. The molecule has 2 rings (SSSR count). The number of hydrogen-bond donors (Lipinski definition) is 1. The molecule has 20 heavy (non-hydrogen) atoms. The molecule has 106 valence electrons. The van der Waals surface area contributed by atoms with Crippen molar-refractivity contribution in [1.29, 1.82) is 0 Å². The number of carboxylic acids is 1. The zero-order valence-corrected chi connectivity index (χ0v) is 11.5. The van der Waals surface area contributed by atoms with E-state index in [4.69, 9.17) is 9.84 Å². The standard InChI is InChI=1S/C15H17NO4/c1-10-5-6-16(14(17)15(18)19)9-12-8-13(20-2)4-3-11(12)7-10/h3-4,7-8H,5-6,9H2,1-2H3,(H,18,19)/b10-7-. The van der Waals surface area contributed by atoms with Crippen LogP contribution in [0.4, 0.5) is 0 Å². The second kappa shape index (κ2) is 5.77. The van der Waals surface area contributed by atoms with Gasteiger partial charge in [0.15, 0.2) is 0 Å². The van der Waals surface area contributed by atoms with Crippen LogP contribution < -0.4 is 4.74 Å². The highest BCUT2D eigenvalue weighted by Gasteiger charge is 2.23. The van der Waals surface area contributed by atoms with E-state index in [1.54, 1.807) is 7.11 Å². The predicted octanol–water partition coefficient (Wildman–Crippen LogP) is 1.92. The summed E-state index contributed by atoms with van der Waals surface area (Å²) in [5.41, 5.74) is 2.99. The van der Waals surface area contributed by atoms with E-state index in [9.17, 15) is 9.59 Å². The van der Waals surface area contributed by atoms with Crippen molar-refractivity contribution in [2.45, 2.75) is 19.9 Å². The van der Waals surface area contributed by atoms with Gasteiger partial charge in [0.2, 0.25) is 0 Å². The van der Waals surface area contributed by atoms with Gasteiger partial charge in [0, 0.05) is 13.1 Å². The number of fused-ring (bicyclic) bond motifs is 1. The summed E-state index contributed by atoms with van der Waals surface area (Å²) in [5, 5.41) is 8.88. The monoisotopic (exact) mass is 275 g/mol. The maximum Gasteiger partial charge on any atom is 0.394 e. The maximum absolute atomic E-state index is 11.7. The second-order valence-corrected chi connectivity index (χ2v) is 4.84. The SMILES string of the molecule is COc1ccc2c(c1)CN(C(=O)C(=O)O)CC/C(C)=C\2. The third-order valence-corrected chi connectivity index (χ3v) is 3.36. The van der Waals surface area contributed by atoms with Crippen molar-refractivity contribution in [3.63, 3.8) is 0 Å². The Bertz CT molecular complexity index is 577. The number of methoxy groups -OCH3 is 1. The molecule has 1 aromatic rings. The zero-order chi connectivity index (χ0) is 14.7. The van der Waals surface area contributed by atoms with Gasteiger partial charge in [-0.1, -0.05) is 17.7 Å². The van der Waals surface area contributed by atoms with Gasteiger partial charge in [-0.25, -0.2) is 4.79 Å². The Balaban J connectivity index is 2.40. The van der Waals surface area contributed by atoms with Gasteiger partial charge in [0.1, 0.15) is 5.75 Å². The van der Waals surface area contributed by atoms with E-state index in [1.165, 1.54) is 4.90 Å². The summed E-state index contributed by atoms with van der Waals surface area (Å²) in [5.74, 6) is -1.59. The fraction of sp³-hybridized carbons (Fsp3) is 0.333. The lowest BCUT2D eigenvalue weighted by Gasteiger charge is -2.24. The summed E-state index contributed by atoms with van der Waals surface area (Å²) in [6, 6.07) is 5.62. The first-order chi connectivity index (χ1) is 9.51. The van der Waals surface area contributed by atoms with Crippen LogP contribution in [0.2, 0.25) is 0 Å². The third kappa shape index (κ3) is 2.99. The Morgan fingerprint density at radius 3 is 2.75 bits per heavy atom. The molecule has 0 bridgehead atoms. The van der Waals surface area contributed by atoms with Crippen molar-refractivity contribution in [3.05, 3.63) is 34.9 Å². The lowest BCUT2D eigenvalue weighted by atomic mass is 10.0. The van der Waals surface area contributed by atoms with E-state index >= 15 is 0 Å². The van der Waals surface area contributed by atoms with Gasteiger partial charge in [-0.05, 0) is 36.6 Å². The van der Waals surface area contributed by atoms with Gasteiger partial charge in [-0.3, -0.25) is 4.79 Å². The molecule has 0 saturated heterocycles. The molecule has 5 heteroatoms. The number of aliphatic carboxylic acids is 1. The number of rotatable bonds is 1. The highest BCUT2D eigenvalue weighted by Crippen LogP contribution is 2.24. The minimum Gasteiger partial charge on any atom is -0.497 e. The molecule has 5 nitrogen and oxygen atoms in total. The molecule has 0 saturated carbocycles. The predicted molar refractivity (Wildman–Crippen MR) is 74.3 cm³/mol. The normalized spacial score (nSPS) is 17.3. The van der Waals surface area contributed by atoms with Crippen molar-refractivity contribution >= 4 is 18.0 Å². The fourth-order valence-corrected chi connectivity index (χ4v) is 2.23. The van der Waals surface area contributed by atoms with E-state index in [1.807, 2.05) is 25.1 Å². The molecular weight excluding hydrogens is 258 g/mol. The first-order valence-electron chi connectivity index (χ1n) is 6.37.